The van der Waals surface area contributed by atoms with Gasteiger partial charge in [-0.05, 0) is 77.4 Å². The van der Waals surface area contributed by atoms with Gasteiger partial charge in [0.05, 0.1) is 27.6 Å². The molecule has 0 N–H and O–H groups in total. The molecule has 0 aliphatic rings. The van der Waals surface area contributed by atoms with Crippen molar-refractivity contribution in [2.24, 2.45) is 0 Å². The predicted octanol–water partition coefficient (Wildman–Crippen LogP) is 10.8. The molecule has 0 unspecified atom stereocenters. The van der Waals surface area contributed by atoms with E-state index in [9.17, 15) is 4.79 Å². The first kappa shape index (κ1) is 27.5. The third-order valence-electron chi connectivity index (χ3n) is 9.83. The van der Waals surface area contributed by atoms with Crippen molar-refractivity contribution in [3.8, 4) is 33.6 Å². The van der Waals surface area contributed by atoms with E-state index in [1.807, 2.05) is 59.2 Å². The van der Waals surface area contributed by atoms with Crippen LogP contribution in [0.3, 0.4) is 0 Å². The lowest BCUT2D eigenvalue weighted by Gasteiger charge is -2.15. The second-order valence-corrected chi connectivity index (χ2v) is 12.5. The highest BCUT2D eigenvalue weighted by molar-refractivity contribution is 6.11. The molecule has 0 saturated carbocycles. The fourth-order valence-corrected chi connectivity index (χ4v) is 7.72. The summed E-state index contributed by atoms with van der Waals surface area (Å²) < 4.78 is 6.38. The summed E-state index contributed by atoms with van der Waals surface area (Å²) in [6, 6.07) is 61.0. The van der Waals surface area contributed by atoms with Gasteiger partial charge in [-0.15, -0.1) is 0 Å². The molecule has 0 bridgehead atoms. The molecule has 0 saturated heterocycles. The van der Waals surface area contributed by atoms with Crippen LogP contribution < -0.4 is 5.56 Å². The smallest absolute Gasteiger partial charge is 0.280 e. The van der Waals surface area contributed by atoms with E-state index in [0.717, 1.165) is 61.1 Å². The van der Waals surface area contributed by atoms with Crippen LogP contribution in [0.15, 0.2) is 181 Å². The molecule has 0 aliphatic heterocycles. The molecule has 0 aliphatic carbocycles. The molecule has 0 radical (unpaired) electrons. The fourth-order valence-electron chi connectivity index (χ4n) is 7.72. The summed E-state index contributed by atoms with van der Waals surface area (Å²) in [6.45, 7) is 0. The Morgan fingerprint density at radius 2 is 0.878 bits per heavy atom. The Morgan fingerprint density at radius 3 is 1.59 bits per heavy atom. The van der Waals surface area contributed by atoms with E-state index in [4.69, 9.17) is 0 Å². The van der Waals surface area contributed by atoms with E-state index in [1.54, 1.807) is 0 Å². The van der Waals surface area contributed by atoms with E-state index in [0.29, 0.717) is 5.52 Å². The minimum Gasteiger partial charge on any atom is -0.309 e. The molecule has 4 heteroatoms. The molecule has 4 nitrogen and oxygen atoms in total. The monoisotopic (exact) mass is 627 g/mol. The molecule has 0 atom stereocenters. The molecular weight excluding hydrogens is 599 g/mol. The number of rotatable bonds is 4. The van der Waals surface area contributed by atoms with Crippen LogP contribution in [0.25, 0.3) is 82.9 Å². The summed E-state index contributed by atoms with van der Waals surface area (Å²) in [7, 11) is 0. The summed E-state index contributed by atoms with van der Waals surface area (Å²) in [5.74, 6) is 0. The molecule has 3 aromatic heterocycles. The van der Waals surface area contributed by atoms with Crippen LogP contribution in [-0.4, -0.2) is 13.5 Å². The molecule has 10 rings (SSSR count). The van der Waals surface area contributed by atoms with Crippen LogP contribution in [0, 0.1) is 0 Å². The van der Waals surface area contributed by atoms with E-state index in [1.165, 1.54) is 16.3 Å². The van der Waals surface area contributed by atoms with Gasteiger partial charge in [-0.1, -0.05) is 115 Å². The first-order chi connectivity index (χ1) is 24.3. The Balaban J connectivity index is 1.28. The van der Waals surface area contributed by atoms with E-state index < -0.39 is 0 Å². The third-order valence-corrected chi connectivity index (χ3v) is 9.83. The van der Waals surface area contributed by atoms with Gasteiger partial charge >= 0.3 is 0 Å². The van der Waals surface area contributed by atoms with Crippen LogP contribution in [0.2, 0.25) is 0 Å². The highest BCUT2D eigenvalue weighted by Gasteiger charge is 2.22. The minimum absolute atomic E-state index is 0.0488. The standard InChI is InChI=1S/C45H29N3O/c49-45-44-43(30-14-4-1-5-15-30)36-21-11-13-23-39(36)48(44)41-27-25-32(29-42(41)47(45)34-18-8-3-9-19-34)31-24-26-40-37(28-31)35-20-10-12-22-38(35)46(40)33-16-6-2-7-17-33/h1-29H. The van der Waals surface area contributed by atoms with Crippen molar-refractivity contribution in [3.05, 3.63) is 186 Å². The first-order valence-electron chi connectivity index (χ1n) is 16.6. The highest BCUT2D eigenvalue weighted by atomic mass is 16.1. The zero-order valence-electron chi connectivity index (χ0n) is 26.5. The van der Waals surface area contributed by atoms with Crippen LogP contribution in [0.5, 0.6) is 0 Å². The molecule has 0 spiro atoms. The molecule has 49 heavy (non-hydrogen) atoms. The number of para-hydroxylation sites is 4. The summed E-state index contributed by atoms with van der Waals surface area (Å²) in [6.07, 6.45) is 0. The summed E-state index contributed by atoms with van der Waals surface area (Å²) in [5.41, 5.74) is 11.9. The lowest BCUT2D eigenvalue weighted by molar-refractivity contribution is 1.03. The maximum atomic E-state index is 15.0. The third kappa shape index (κ3) is 4.07. The van der Waals surface area contributed by atoms with Crippen LogP contribution in [0.1, 0.15) is 0 Å². The zero-order valence-corrected chi connectivity index (χ0v) is 26.5. The molecule has 0 amide bonds. The van der Waals surface area contributed by atoms with Crippen molar-refractivity contribution in [3.63, 3.8) is 0 Å². The second-order valence-electron chi connectivity index (χ2n) is 12.5. The van der Waals surface area contributed by atoms with Crippen molar-refractivity contribution in [1.29, 1.82) is 0 Å². The number of benzene rings is 7. The Hall–Kier alpha value is -6.65. The van der Waals surface area contributed by atoms with Gasteiger partial charge in [0.15, 0.2) is 0 Å². The molecular formula is C45H29N3O. The minimum atomic E-state index is -0.0488. The summed E-state index contributed by atoms with van der Waals surface area (Å²) >= 11 is 0. The average molecular weight is 628 g/mol. The predicted molar refractivity (Wildman–Crippen MR) is 203 cm³/mol. The van der Waals surface area contributed by atoms with Gasteiger partial charge in [0.1, 0.15) is 5.52 Å². The largest absolute Gasteiger partial charge is 0.309 e. The lowest BCUT2D eigenvalue weighted by Crippen LogP contribution is -2.21. The van der Waals surface area contributed by atoms with Crippen molar-refractivity contribution in [1.82, 2.24) is 13.5 Å². The molecule has 10 aromatic rings. The van der Waals surface area contributed by atoms with Gasteiger partial charge < -0.3 is 8.97 Å². The van der Waals surface area contributed by atoms with Crippen LogP contribution in [0.4, 0.5) is 0 Å². The van der Waals surface area contributed by atoms with Gasteiger partial charge in [-0.25, -0.2) is 0 Å². The number of fused-ring (bicyclic) bond motifs is 8. The Labute approximate surface area is 282 Å². The SMILES string of the molecule is O=c1c2c(-c3ccccc3)c3ccccc3n2c2ccc(-c3ccc4c(c3)c3ccccc3n4-c3ccccc3)cc2n1-c1ccccc1. The molecule has 7 aromatic carbocycles. The fraction of sp³-hybridized carbons (Fsp3) is 0. The molecule has 0 fully saturated rings. The Morgan fingerprint density at radius 1 is 0.347 bits per heavy atom. The second kappa shape index (κ2) is 10.7. The number of hydrogen-bond donors (Lipinski definition) is 0. The van der Waals surface area contributed by atoms with Crippen LogP contribution in [-0.2, 0) is 0 Å². The molecule has 230 valence electrons. The lowest BCUT2D eigenvalue weighted by atomic mass is 10.0. The Kier molecular flexibility index (Phi) is 5.99. The highest BCUT2D eigenvalue weighted by Crippen LogP contribution is 2.39. The number of nitrogens with zero attached hydrogens (tertiary/aromatic N) is 3. The Bertz CT molecular complexity index is 2930. The van der Waals surface area contributed by atoms with E-state index in [2.05, 4.69) is 130 Å². The number of aromatic nitrogens is 3. The van der Waals surface area contributed by atoms with Crippen molar-refractivity contribution < 1.29 is 0 Å². The van der Waals surface area contributed by atoms with E-state index >= 15 is 0 Å². The topological polar surface area (TPSA) is 31.3 Å². The number of hydrogen-bond acceptors (Lipinski definition) is 1. The van der Waals surface area contributed by atoms with Crippen molar-refractivity contribution in [2.45, 2.75) is 0 Å². The first-order valence-corrected chi connectivity index (χ1v) is 16.6. The van der Waals surface area contributed by atoms with Gasteiger partial charge in [0, 0.05) is 33.1 Å². The van der Waals surface area contributed by atoms with Gasteiger partial charge in [0.25, 0.3) is 5.56 Å². The maximum Gasteiger partial charge on any atom is 0.280 e. The van der Waals surface area contributed by atoms with Crippen molar-refractivity contribution in [2.75, 3.05) is 0 Å². The summed E-state index contributed by atoms with van der Waals surface area (Å²) in [4.78, 5) is 15.0. The zero-order chi connectivity index (χ0) is 32.5. The van der Waals surface area contributed by atoms with E-state index in [-0.39, 0.29) is 5.56 Å². The van der Waals surface area contributed by atoms with Gasteiger partial charge in [-0.3, -0.25) is 9.36 Å². The quantitative estimate of drug-likeness (QED) is 0.191. The summed E-state index contributed by atoms with van der Waals surface area (Å²) in [5, 5.41) is 3.46. The van der Waals surface area contributed by atoms with Gasteiger partial charge in [0.2, 0.25) is 0 Å². The maximum absolute atomic E-state index is 15.0. The van der Waals surface area contributed by atoms with Crippen molar-refractivity contribution >= 4 is 49.3 Å². The normalized spacial score (nSPS) is 11.8. The average Bonchev–Trinajstić information content (AvgIpc) is 3.69. The molecule has 3 heterocycles. The van der Waals surface area contributed by atoms with Gasteiger partial charge in [-0.2, -0.15) is 0 Å². The van der Waals surface area contributed by atoms with Crippen LogP contribution >= 0.6 is 0 Å².